The van der Waals surface area contributed by atoms with Crippen molar-refractivity contribution in [3.8, 4) is 23.0 Å². The monoisotopic (exact) mass is 812 g/mol. The Kier molecular flexibility index (Phi) is 13.1. The van der Waals surface area contributed by atoms with Crippen molar-refractivity contribution in [2.24, 2.45) is 0 Å². The number of pyridine rings is 2. The molecule has 8 rings (SSSR count). The average molecular weight is 813 g/mol. The van der Waals surface area contributed by atoms with E-state index in [0.717, 1.165) is 72.7 Å². The van der Waals surface area contributed by atoms with Crippen LogP contribution in [0.3, 0.4) is 0 Å². The number of hydrogen-bond donors (Lipinski definition) is 2. The molecule has 0 atom stereocenters. The van der Waals surface area contributed by atoms with E-state index in [1.54, 1.807) is 37.3 Å². The summed E-state index contributed by atoms with van der Waals surface area (Å²) in [6.45, 7) is 7.00. The van der Waals surface area contributed by atoms with Crippen molar-refractivity contribution in [3.05, 3.63) is 202 Å². The predicted molar refractivity (Wildman–Crippen MR) is 235 cm³/mol. The first-order valence-electron chi connectivity index (χ1n) is 19.7. The molecule has 8 aromatic rings. The standard InChI is InChI=1S/C26H23NO4.C25H21NO4/c1-17-20(8-5-9-22(17)26(28)29)15-30-24-11-6-12-25(18(24)2)31-16-21-14-13-19-7-3-4-10-23(19)27-21;1-17-13-22(29-16-21-10-9-19-6-2-3-8-23(19)26-21)11-12-24(17)30-15-18-5-4-7-20(14-18)25(27)28/h3-14H,15-16H2,1-2H3,(H,28,29);2-14H,15-16H2,1H3,(H,27,28). The van der Waals surface area contributed by atoms with Gasteiger partial charge in [-0.05, 0) is 116 Å². The van der Waals surface area contributed by atoms with E-state index < -0.39 is 11.9 Å². The van der Waals surface area contributed by atoms with Gasteiger partial charge in [-0.25, -0.2) is 19.6 Å². The van der Waals surface area contributed by atoms with Crippen molar-refractivity contribution in [1.82, 2.24) is 9.97 Å². The van der Waals surface area contributed by atoms with Gasteiger partial charge >= 0.3 is 11.9 Å². The molecule has 10 nitrogen and oxygen atoms in total. The molecule has 0 spiro atoms. The van der Waals surface area contributed by atoms with Crippen molar-refractivity contribution in [1.29, 1.82) is 0 Å². The molecule has 61 heavy (non-hydrogen) atoms. The highest BCUT2D eigenvalue weighted by atomic mass is 16.5. The molecule has 6 aromatic carbocycles. The van der Waals surface area contributed by atoms with Crippen LogP contribution in [0.5, 0.6) is 23.0 Å². The third-order valence-electron chi connectivity index (χ3n) is 10.1. The number of aryl methyl sites for hydroxylation is 1. The molecular formula is C51H44N2O8. The van der Waals surface area contributed by atoms with Crippen LogP contribution >= 0.6 is 0 Å². The summed E-state index contributed by atoms with van der Waals surface area (Å²) in [7, 11) is 0. The number of benzene rings is 6. The molecule has 2 N–H and O–H groups in total. The zero-order chi connectivity index (χ0) is 42.7. The molecule has 0 unspecified atom stereocenters. The van der Waals surface area contributed by atoms with Gasteiger partial charge in [0.05, 0.1) is 33.5 Å². The average Bonchev–Trinajstić information content (AvgIpc) is 3.27. The highest BCUT2D eigenvalue weighted by Gasteiger charge is 2.13. The number of ether oxygens (including phenoxy) is 4. The van der Waals surface area contributed by atoms with Crippen LogP contribution in [0, 0.1) is 20.8 Å². The third kappa shape index (κ3) is 10.7. The van der Waals surface area contributed by atoms with E-state index >= 15 is 0 Å². The lowest BCUT2D eigenvalue weighted by Gasteiger charge is -2.15. The van der Waals surface area contributed by atoms with Gasteiger partial charge in [-0.3, -0.25) is 0 Å². The fourth-order valence-corrected chi connectivity index (χ4v) is 6.65. The minimum atomic E-state index is -0.949. The predicted octanol–water partition coefficient (Wildman–Crippen LogP) is 11.1. The van der Waals surface area contributed by atoms with E-state index in [0.29, 0.717) is 31.1 Å². The number of aromatic nitrogens is 2. The van der Waals surface area contributed by atoms with E-state index in [1.807, 2.05) is 135 Å². The zero-order valence-corrected chi connectivity index (χ0v) is 34.0. The Bertz CT molecular complexity index is 2840. The van der Waals surface area contributed by atoms with Crippen LogP contribution < -0.4 is 18.9 Å². The Hall–Kier alpha value is -7.72. The summed E-state index contributed by atoms with van der Waals surface area (Å²) in [4.78, 5) is 31.7. The lowest BCUT2D eigenvalue weighted by molar-refractivity contribution is 0.0685. The molecule has 0 aliphatic rings. The van der Waals surface area contributed by atoms with Gasteiger partial charge in [-0.15, -0.1) is 0 Å². The Balaban J connectivity index is 0.000000184. The largest absolute Gasteiger partial charge is 0.489 e. The lowest BCUT2D eigenvalue weighted by atomic mass is 10.0. The van der Waals surface area contributed by atoms with E-state index in [-0.39, 0.29) is 17.7 Å². The van der Waals surface area contributed by atoms with Gasteiger partial charge in [0.25, 0.3) is 0 Å². The van der Waals surface area contributed by atoms with Crippen molar-refractivity contribution < 1.29 is 38.7 Å². The van der Waals surface area contributed by atoms with Crippen LogP contribution in [0.4, 0.5) is 0 Å². The normalized spacial score (nSPS) is 10.7. The summed E-state index contributed by atoms with van der Waals surface area (Å²) in [5.41, 5.74) is 8.32. The van der Waals surface area contributed by atoms with Gasteiger partial charge in [-0.1, -0.05) is 78.9 Å². The van der Waals surface area contributed by atoms with E-state index in [2.05, 4.69) is 9.97 Å². The molecule has 10 heteroatoms. The summed E-state index contributed by atoms with van der Waals surface area (Å²) < 4.78 is 23.8. The number of fused-ring (bicyclic) bond motifs is 2. The number of nitrogens with zero attached hydrogens (tertiary/aromatic N) is 2. The van der Waals surface area contributed by atoms with E-state index in [1.165, 1.54) is 0 Å². The second-order valence-electron chi connectivity index (χ2n) is 14.4. The number of para-hydroxylation sites is 2. The van der Waals surface area contributed by atoms with Crippen LogP contribution in [0.2, 0.25) is 0 Å². The Morgan fingerprint density at radius 1 is 0.492 bits per heavy atom. The Morgan fingerprint density at radius 2 is 1.08 bits per heavy atom. The van der Waals surface area contributed by atoms with Gasteiger partial charge in [0, 0.05) is 16.3 Å². The number of hydrogen-bond acceptors (Lipinski definition) is 8. The molecule has 0 aliphatic carbocycles. The Morgan fingerprint density at radius 3 is 1.72 bits per heavy atom. The molecule has 0 saturated heterocycles. The molecule has 306 valence electrons. The first-order valence-corrected chi connectivity index (χ1v) is 19.7. The third-order valence-corrected chi connectivity index (χ3v) is 10.1. The fraction of sp³-hybridized carbons (Fsp3) is 0.137. The van der Waals surface area contributed by atoms with Gasteiger partial charge in [0.2, 0.25) is 0 Å². The molecule has 0 aliphatic heterocycles. The van der Waals surface area contributed by atoms with E-state index in [9.17, 15) is 14.7 Å². The highest BCUT2D eigenvalue weighted by molar-refractivity contribution is 5.89. The SMILES string of the molecule is Cc1c(OCc2ccc3ccccc3n2)cccc1OCc1cccc(C(=O)O)c1C.Cc1cc(OCc2ccc3ccccc3n2)ccc1OCc1cccc(C(=O)O)c1. The first kappa shape index (κ1) is 41.4. The number of carboxylic acids is 2. The van der Waals surface area contributed by atoms with Crippen molar-refractivity contribution in [3.63, 3.8) is 0 Å². The molecular weight excluding hydrogens is 769 g/mol. The maximum Gasteiger partial charge on any atom is 0.335 e. The lowest BCUT2D eigenvalue weighted by Crippen LogP contribution is -2.06. The van der Waals surface area contributed by atoms with Gasteiger partial charge < -0.3 is 29.2 Å². The van der Waals surface area contributed by atoms with Crippen LogP contribution in [-0.4, -0.2) is 32.1 Å². The topological polar surface area (TPSA) is 137 Å². The minimum absolute atomic E-state index is 0.249. The van der Waals surface area contributed by atoms with Gasteiger partial charge in [-0.2, -0.15) is 0 Å². The zero-order valence-electron chi connectivity index (χ0n) is 34.0. The minimum Gasteiger partial charge on any atom is -0.489 e. The first-order chi connectivity index (χ1) is 29.6. The number of rotatable bonds is 14. The van der Waals surface area contributed by atoms with Crippen molar-refractivity contribution >= 4 is 33.7 Å². The summed E-state index contributed by atoms with van der Waals surface area (Å²) in [5, 5.41) is 20.6. The second-order valence-corrected chi connectivity index (χ2v) is 14.4. The maximum absolute atomic E-state index is 11.3. The smallest absolute Gasteiger partial charge is 0.335 e. The van der Waals surface area contributed by atoms with Crippen LogP contribution in [0.15, 0.2) is 152 Å². The van der Waals surface area contributed by atoms with Crippen LogP contribution in [0.1, 0.15) is 59.9 Å². The molecule has 0 radical (unpaired) electrons. The molecule has 0 fully saturated rings. The fourth-order valence-electron chi connectivity index (χ4n) is 6.65. The highest BCUT2D eigenvalue weighted by Crippen LogP contribution is 2.30. The van der Waals surface area contributed by atoms with Gasteiger partial charge in [0.15, 0.2) is 0 Å². The van der Waals surface area contributed by atoms with Gasteiger partial charge in [0.1, 0.15) is 49.4 Å². The number of aromatic carboxylic acids is 2. The molecule has 0 saturated carbocycles. The van der Waals surface area contributed by atoms with Crippen molar-refractivity contribution in [2.45, 2.75) is 47.2 Å². The quantitative estimate of drug-likeness (QED) is 0.109. The van der Waals surface area contributed by atoms with Crippen LogP contribution in [-0.2, 0) is 26.4 Å². The molecule has 0 amide bonds. The maximum atomic E-state index is 11.3. The Labute approximate surface area is 353 Å². The summed E-state index contributed by atoms with van der Waals surface area (Å²) in [6.07, 6.45) is 0. The second kappa shape index (κ2) is 19.4. The molecule has 0 bridgehead atoms. The van der Waals surface area contributed by atoms with E-state index in [4.69, 9.17) is 24.1 Å². The number of carbonyl (C=O) groups is 2. The summed E-state index contributed by atoms with van der Waals surface area (Å²) in [5.74, 6) is 1.01. The molecule has 2 heterocycles. The van der Waals surface area contributed by atoms with Crippen molar-refractivity contribution in [2.75, 3.05) is 0 Å². The van der Waals surface area contributed by atoms with Crippen LogP contribution in [0.25, 0.3) is 21.8 Å². The number of carboxylic acid groups (broad SMARTS) is 2. The summed E-state index contributed by atoms with van der Waals surface area (Å²) >= 11 is 0. The summed E-state index contributed by atoms with van der Waals surface area (Å²) in [6, 6.07) is 47.3. The molecule has 2 aromatic heterocycles.